The molecule has 12 atom stereocenters. The summed E-state index contributed by atoms with van der Waals surface area (Å²) in [6, 6.07) is -14.3. The Kier molecular flexibility index (Phi) is 38.5. The average Bonchev–Trinajstić information content (AvgIpc) is 0.812. The molecule has 27 heteroatoms. The molecule has 0 aliphatic heterocycles. The summed E-state index contributed by atoms with van der Waals surface area (Å²) < 4.78 is 5.61. The van der Waals surface area contributed by atoms with E-state index in [0.717, 1.165) is 23.1 Å². The van der Waals surface area contributed by atoms with Crippen LogP contribution in [-0.2, 0) is 57.5 Å². The maximum atomic E-state index is 14.8. The van der Waals surface area contributed by atoms with Gasteiger partial charge in [0.2, 0.25) is 53.2 Å². The zero-order valence-electron chi connectivity index (χ0n) is 64.7. The molecule has 0 aromatic carbocycles. The molecule has 0 unspecified atom stereocenters. The van der Waals surface area contributed by atoms with E-state index in [0.29, 0.717) is 18.4 Å². The second-order valence-corrected chi connectivity index (χ2v) is 30.7. The lowest BCUT2D eigenvalue weighted by molar-refractivity contribution is -0.152. The smallest absolute Gasteiger partial charge is 0.410 e. The van der Waals surface area contributed by atoms with E-state index in [1.807, 2.05) is 90.0 Å². The van der Waals surface area contributed by atoms with Crippen LogP contribution >= 0.6 is 0 Å². The molecular weight excluding hydrogens is 1260 g/mol. The molecule has 0 aliphatic rings. The van der Waals surface area contributed by atoms with Crippen molar-refractivity contribution in [3.05, 3.63) is 11.3 Å². The Labute approximate surface area is 585 Å². The van der Waals surface area contributed by atoms with E-state index in [1.165, 1.54) is 75.7 Å². The number of ether oxygens (including phenoxy) is 1. The Hall–Kier alpha value is -7.06. The van der Waals surface area contributed by atoms with Gasteiger partial charge in [-0.3, -0.25) is 52.8 Å². The van der Waals surface area contributed by atoms with Crippen LogP contribution in [0.4, 0.5) is 4.79 Å². The van der Waals surface area contributed by atoms with Crippen LogP contribution in [-0.4, -0.2) is 236 Å². The zero-order valence-corrected chi connectivity index (χ0v) is 64.7. The summed E-state index contributed by atoms with van der Waals surface area (Å²) >= 11 is 0. The topological polar surface area (TPSA) is 354 Å². The summed E-state index contributed by atoms with van der Waals surface area (Å²) in [5.41, 5.74) is -0.482. The number of hydrogen-bond acceptors (Lipinski definition) is 15. The van der Waals surface area contributed by atoms with Gasteiger partial charge in [0.05, 0.1) is 6.10 Å². The largest absolute Gasteiger partial charge is 0.510 e. The van der Waals surface area contributed by atoms with Gasteiger partial charge in [0, 0.05) is 42.3 Å². The molecule has 0 radical (unpaired) electrons. The van der Waals surface area contributed by atoms with Crippen molar-refractivity contribution in [1.29, 1.82) is 0 Å². The molecule has 0 heterocycles. The standard InChI is InChI=1S/C71H129N11O16/c1-29-30-31-45(16)58(84)57(63(89)76-55(48(19)83)69(95)96)82(28)68(94)56(44(14)15)81(27)66(92)50(33-39(4)5)75-61(87)52(35-41(8)9)77(23)64(90)47(18)73-59(85)46(17)72-60(86)51(34-40(6)7)78(24)65(91)49(32-38(2)3)74-62(88)53(36-42(10)11)79(25)67(93)54(37-43(12)13)80(26)70(97)98-71(20,21)22/h38-44,46-57,83-84H,29-37H2,1-28H3,(H,72,86)(H,73,85)(H,74,88)(H,75,87)(H,76,89)(H,95,96)/t46-,47+,48+,49-,50-,51-,52-,53-,54+,55-,56-,57-/m0/s1. The maximum Gasteiger partial charge on any atom is 0.410 e. The number of allylic oxidation sites excluding steroid dienone is 1. The lowest BCUT2D eigenvalue weighted by atomic mass is 9.96. The second kappa shape index (κ2) is 41.5. The molecule has 0 aromatic heterocycles. The molecule has 0 spiro atoms. The number of aliphatic hydroxyl groups is 2. The summed E-state index contributed by atoms with van der Waals surface area (Å²) in [6.45, 7) is 38.3. The van der Waals surface area contributed by atoms with E-state index in [2.05, 4.69) is 26.6 Å². The number of aliphatic hydroxyl groups excluding tert-OH is 2. The lowest BCUT2D eigenvalue weighted by Crippen LogP contribution is -2.62. The van der Waals surface area contributed by atoms with Gasteiger partial charge in [-0.15, -0.1) is 0 Å². The van der Waals surface area contributed by atoms with Gasteiger partial charge in [0.15, 0.2) is 12.1 Å². The van der Waals surface area contributed by atoms with E-state index in [9.17, 15) is 72.9 Å². The molecule has 27 nitrogen and oxygen atoms in total. The summed E-state index contributed by atoms with van der Waals surface area (Å²) in [5, 5.41) is 44.9. The Morgan fingerprint density at radius 3 is 1.15 bits per heavy atom. The fourth-order valence-corrected chi connectivity index (χ4v) is 11.5. The second-order valence-electron chi connectivity index (χ2n) is 30.7. The summed E-state index contributed by atoms with van der Waals surface area (Å²) in [7, 11) is 8.41. The van der Waals surface area contributed by atoms with Crippen LogP contribution < -0.4 is 26.6 Å². The minimum atomic E-state index is -1.80. The molecular formula is C71H129N11O16. The van der Waals surface area contributed by atoms with Gasteiger partial charge in [-0.25, -0.2) is 9.59 Å². The third-order valence-corrected chi connectivity index (χ3v) is 17.0. The Morgan fingerprint density at radius 1 is 0.418 bits per heavy atom. The van der Waals surface area contributed by atoms with Crippen molar-refractivity contribution < 1.29 is 77.6 Å². The van der Waals surface area contributed by atoms with Gasteiger partial charge in [-0.1, -0.05) is 110 Å². The van der Waals surface area contributed by atoms with Crippen LogP contribution in [0.15, 0.2) is 11.3 Å². The van der Waals surface area contributed by atoms with E-state index in [4.69, 9.17) is 4.74 Å². The van der Waals surface area contributed by atoms with Crippen molar-refractivity contribution in [2.24, 2.45) is 41.4 Å². The van der Waals surface area contributed by atoms with Crippen LogP contribution in [0.2, 0.25) is 0 Å². The summed E-state index contributed by atoms with van der Waals surface area (Å²) in [5.74, 6) is -10.7. The number of amides is 11. The third-order valence-electron chi connectivity index (χ3n) is 17.0. The number of likely N-dealkylation sites (N-methyl/N-ethyl adjacent to an activating group) is 6. The van der Waals surface area contributed by atoms with Gasteiger partial charge in [0.25, 0.3) is 5.91 Å². The number of carboxylic acids is 1. The number of rotatable bonds is 40. The maximum absolute atomic E-state index is 14.8. The normalized spacial score (nSPS) is 15.8. The van der Waals surface area contributed by atoms with Crippen molar-refractivity contribution in [2.75, 3.05) is 42.3 Å². The van der Waals surface area contributed by atoms with Gasteiger partial charge in [-0.05, 0) is 147 Å². The van der Waals surface area contributed by atoms with Gasteiger partial charge < -0.3 is 71.1 Å². The fraction of sp³-hybridized carbons (Fsp3) is 0.803. The predicted molar refractivity (Wildman–Crippen MR) is 377 cm³/mol. The lowest BCUT2D eigenvalue weighted by Gasteiger charge is -2.38. The molecule has 0 saturated carbocycles. The first-order valence-electron chi connectivity index (χ1n) is 35.0. The zero-order chi connectivity index (χ0) is 76.6. The SMILES string of the molecule is CCCCC(C)=C(O)[C@@H](C(=O)N[C@H](C(=O)O)[C@@H](C)O)N(C)C(=O)[C@H](C(C)C)N(C)C(=O)[C@H](CC(C)C)NC(=O)[C@H](CC(C)C)N(C)C(=O)[C@@H](C)NC(=O)[C@H](C)NC(=O)[C@H](CC(C)C)N(C)C(=O)[C@H](CC(C)C)NC(=O)[C@H](CC(C)C)N(C)C(=O)[C@@H](CC(C)C)N(C)C(=O)OC(C)(C)C. The van der Waals surface area contributed by atoms with Crippen LogP contribution in [0.3, 0.4) is 0 Å². The minimum absolute atomic E-state index is 0.0256. The molecule has 0 rings (SSSR count). The van der Waals surface area contributed by atoms with Gasteiger partial charge >= 0.3 is 12.1 Å². The number of unbranched alkanes of at least 4 members (excludes halogenated alkanes) is 1. The van der Waals surface area contributed by atoms with Crippen LogP contribution in [0.1, 0.15) is 210 Å². The highest BCUT2D eigenvalue weighted by Crippen LogP contribution is 2.26. The van der Waals surface area contributed by atoms with Crippen molar-refractivity contribution in [3.8, 4) is 0 Å². The summed E-state index contributed by atoms with van der Waals surface area (Å²) in [4.78, 5) is 177. The molecule has 0 bridgehead atoms. The van der Waals surface area contributed by atoms with E-state index >= 15 is 0 Å². The monoisotopic (exact) mass is 1390 g/mol. The molecule has 98 heavy (non-hydrogen) atoms. The van der Waals surface area contributed by atoms with Gasteiger partial charge in [-0.2, -0.15) is 0 Å². The van der Waals surface area contributed by atoms with Crippen molar-refractivity contribution in [3.63, 3.8) is 0 Å². The number of nitrogens with zero attached hydrogens (tertiary/aromatic N) is 6. The first-order valence-corrected chi connectivity index (χ1v) is 35.0. The van der Waals surface area contributed by atoms with E-state index in [-0.39, 0.29) is 74.0 Å². The highest BCUT2D eigenvalue weighted by molar-refractivity contribution is 5.99. The van der Waals surface area contributed by atoms with Crippen molar-refractivity contribution in [1.82, 2.24) is 56.0 Å². The first kappa shape index (κ1) is 90.9. The molecule has 11 amide bonds. The Balaban J connectivity index is 7.00. The number of hydrogen-bond donors (Lipinski definition) is 8. The average molecular weight is 1390 g/mol. The molecule has 0 saturated heterocycles. The number of aliphatic carboxylic acids is 1. The highest BCUT2D eigenvalue weighted by Gasteiger charge is 2.44. The Morgan fingerprint density at radius 2 is 0.786 bits per heavy atom. The first-order chi connectivity index (χ1) is 44.9. The molecule has 0 aliphatic carbocycles. The van der Waals surface area contributed by atoms with E-state index < -0.39 is 161 Å². The van der Waals surface area contributed by atoms with Crippen molar-refractivity contribution in [2.45, 2.75) is 288 Å². The highest BCUT2D eigenvalue weighted by atomic mass is 16.6. The van der Waals surface area contributed by atoms with Crippen LogP contribution in [0.5, 0.6) is 0 Å². The van der Waals surface area contributed by atoms with Crippen molar-refractivity contribution >= 4 is 71.1 Å². The molecule has 0 fully saturated rings. The fourth-order valence-electron chi connectivity index (χ4n) is 11.5. The number of carboxylic acid groups (broad SMARTS) is 1. The minimum Gasteiger partial charge on any atom is -0.510 e. The molecule has 8 N–H and O–H groups in total. The summed E-state index contributed by atoms with van der Waals surface area (Å²) in [6.07, 6.45) is 0.376. The quantitative estimate of drug-likeness (QED) is 0.0315. The van der Waals surface area contributed by atoms with Crippen LogP contribution in [0.25, 0.3) is 0 Å². The molecule has 564 valence electrons. The van der Waals surface area contributed by atoms with Gasteiger partial charge in [0.1, 0.15) is 65.7 Å². The van der Waals surface area contributed by atoms with E-state index in [1.54, 1.807) is 41.5 Å². The van der Waals surface area contributed by atoms with Crippen LogP contribution in [0, 0.1) is 41.4 Å². The number of nitrogens with one attached hydrogen (secondary N) is 5. The molecule has 0 aromatic rings. The predicted octanol–water partition coefficient (Wildman–Crippen LogP) is 6.24. The Bertz CT molecular complexity index is 2710. The third kappa shape index (κ3) is 29.0. The number of carbonyl (C=O) groups excluding carboxylic acids is 11. The number of carbonyl (C=O) groups is 12.